The van der Waals surface area contributed by atoms with Gasteiger partial charge in [0.2, 0.25) is 0 Å². The Hall–Kier alpha value is -0.950. The molecule has 17 heavy (non-hydrogen) atoms. The molecule has 2 N–H and O–H groups in total. The highest BCUT2D eigenvalue weighted by Crippen LogP contribution is 2.24. The van der Waals surface area contributed by atoms with Crippen molar-refractivity contribution in [3.8, 4) is 0 Å². The first-order valence-electron chi connectivity index (χ1n) is 5.44. The summed E-state index contributed by atoms with van der Waals surface area (Å²) in [6, 6.07) is 0. The van der Waals surface area contributed by atoms with Gasteiger partial charge in [-0.1, -0.05) is 12.2 Å². The molecule has 1 aliphatic rings. The maximum absolute atomic E-state index is 11.4. The summed E-state index contributed by atoms with van der Waals surface area (Å²) in [7, 11) is 1.20. The van der Waals surface area contributed by atoms with Crippen molar-refractivity contribution in [1.82, 2.24) is 9.78 Å². The molecule has 0 spiro atoms. The lowest BCUT2D eigenvalue weighted by Gasteiger charge is -2.29. The van der Waals surface area contributed by atoms with Crippen molar-refractivity contribution in [3.63, 3.8) is 0 Å². The van der Waals surface area contributed by atoms with Crippen molar-refractivity contribution in [2.45, 2.75) is 6.92 Å². The minimum Gasteiger partial charge on any atom is -0.389 e. The van der Waals surface area contributed by atoms with E-state index in [4.69, 9.17) is 18.0 Å². The number of hydrogen-bond donors (Lipinski definition) is 1. The van der Waals surface area contributed by atoms with Crippen molar-refractivity contribution >= 4 is 33.8 Å². The molecule has 2 rings (SSSR count). The van der Waals surface area contributed by atoms with Crippen molar-refractivity contribution in [1.29, 1.82) is 0 Å². The lowest BCUT2D eigenvalue weighted by molar-refractivity contribution is 0.665. The van der Waals surface area contributed by atoms with Crippen molar-refractivity contribution < 1.29 is 4.21 Å². The minimum atomic E-state index is -0.687. The maximum Gasteiger partial charge on any atom is 0.137 e. The number of nitrogens with two attached hydrogens (primary N) is 1. The predicted molar refractivity (Wildman–Crippen MR) is 73.9 cm³/mol. The van der Waals surface area contributed by atoms with E-state index >= 15 is 0 Å². The first kappa shape index (κ1) is 12.5. The van der Waals surface area contributed by atoms with Gasteiger partial charge >= 0.3 is 0 Å². The van der Waals surface area contributed by atoms with Gasteiger partial charge in [0.15, 0.2) is 0 Å². The van der Waals surface area contributed by atoms with Crippen LogP contribution in [0.4, 0.5) is 5.82 Å². The van der Waals surface area contributed by atoms with Gasteiger partial charge in [-0.2, -0.15) is 5.10 Å². The molecule has 1 aliphatic heterocycles. The number of thiocarbonyl (C=S) groups is 1. The third kappa shape index (κ3) is 2.35. The molecular formula is C10H16N4OS2. The second-order valence-corrected chi connectivity index (χ2v) is 6.24. The molecule has 0 amide bonds. The van der Waals surface area contributed by atoms with Crippen LogP contribution in [0.15, 0.2) is 0 Å². The molecule has 1 fully saturated rings. The Bertz CT molecular complexity index is 473. The standard InChI is InChI=1S/C10H16N4OS2/c1-7-8(9(11)16)10(13(2)12-7)14-3-5-17(15)6-4-14/h3-6H2,1-2H3,(H2,11,16). The van der Waals surface area contributed by atoms with Gasteiger partial charge in [0.05, 0.1) is 11.3 Å². The van der Waals surface area contributed by atoms with Crippen LogP contribution in [0, 0.1) is 6.92 Å². The van der Waals surface area contributed by atoms with Crippen LogP contribution in [0.5, 0.6) is 0 Å². The van der Waals surface area contributed by atoms with E-state index in [1.165, 1.54) is 0 Å². The second-order valence-electron chi connectivity index (χ2n) is 4.11. The summed E-state index contributed by atoms with van der Waals surface area (Å²) >= 11 is 5.08. The number of rotatable bonds is 2. The van der Waals surface area contributed by atoms with Gasteiger partial charge in [0.25, 0.3) is 0 Å². The topological polar surface area (TPSA) is 64.2 Å². The van der Waals surface area contributed by atoms with Gasteiger partial charge in [-0.15, -0.1) is 0 Å². The normalized spacial score (nSPS) is 17.4. The van der Waals surface area contributed by atoms with Crippen LogP contribution in [0.3, 0.4) is 0 Å². The second kappa shape index (κ2) is 4.73. The largest absolute Gasteiger partial charge is 0.389 e. The first-order valence-corrected chi connectivity index (χ1v) is 7.33. The molecule has 0 radical (unpaired) electrons. The highest BCUT2D eigenvalue weighted by Gasteiger charge is 2.24. The Morgan fingerprint density at radius 2 is 2.06 bits per heavy atom. The molecule has 0 aromatic carbocycles. The van der Waals surface area contributed by atoms with Crippen LogP contribution >= 0.6 is 12.2 Å². The van der Waals surface area contributed by atoms with Crippen molar-refractivity contribution in [3.05, 3.63) is 11.3 Å². The van der Waals surface area contributed by atoms with Crippen LogP contribution in [-0.2, 0) is 17.8 Å². The average Bonchev–Trinajstić information content (AvgIpc) is 2.55. The van der Waals surface area contributed by atoms with E-state index in [2.05, 4.69) is 10.00 Å². The SMILES string of the molecule is Cc1nn(C)c(N2CCS(=O)CC2)c1C(N)=S. The molecule has 1 saturated heterocycles. The fraction of sp³-hybridized carbons (Fsp3) is 0.600. The summed E-state index contributed by atoms with van der Waals surface area (Å²) < 4.78 is 13.2. The summed E-state index contributed by atoms with van der Waals surface area (Å²) in [5, 5.41) is 4.36. The van der Waals surface area contributed by atoms with Crippen molar-refractivity contribution in [2.75, 3.05) is 29.5 Å². The lowest BCUT2D eigenvalue weighted by atomic mass is 10.2. The van der Waals surface area contributed by atoms with Crippen LogP contribution in [0.25, 0.3) is 0 Å². The highest BCUT2D eigenvalue weighted by molar-refractivity contribution is 7.85. The average molecular weight is 272 g/mol. The van der Waals surface area contributed by atoms with Crippen molar-refractivity contribution in [2.24, 2.45) is 12.8 Å². The fourth-order valence-corrected chi connectivity index (χ4v) is 3.44. The van der Waals surface area contributed by atoms with Gasteiger partial charge in [0, 0.05) is 42.4 Å². The zero-order valence-electron chi connectivity index (χ0n) is 9.97. The van der Waals surface area contributed by atoms with E-state index in [9.17, 15) is 4.21 Å². The molecule has 2 heterocycles. The van der Waals surface area contributed by atoms with Gasteiger partial charge < -0.3 is 10.6 Å². The number of nitrogens with zero attached hydrogens (tertiary/aromatic N) is 3. The van der Waals surface area contributed by atoms with Gasteiger partial charge in [0.1, 0.15) is 10.8 Å². The Balaban J connectivity index is 2.37. The molecule has 0 unspecified atom stereocenters. The van der Waals surface area contributed by atoms with E-state index in [-0.39, 0.29) is 0 Å². The molecular weight excluding hydrogens is 256 g/mol. The lowest BCUT2D eigenvalue weighted by Crippen LogP contribution is -2.39. The van der Waals surface area contributed by atoms with Gasteiger partial charge in [-0.3, -0.25) is 8.89 Å². The molecule has 7 heteroatoms. The Labute approximate surface area is 108 Å². The van der Waals surface area contributed by atoms with Crippen LogP contribution in [0.2, 0.25) is 0 Å². The zero-order chi connectivity index (χ0) is 12.6. The van der Waals surface area contributed by atoms with E-state index in [1.54, 1.807) is 4.68 Å². The van der Waals surface area contributed by atoms with Crippen LogP contribution < -0.4 is 10.6 Å². The summed E-state index contributed by atoms with van der Waals surface area (Å²) in [6.45, 7) is 3.43. The summed E-state index contributed by atoms with van der Waals surface area (Å²) in [4.78, 5) is 2.54. The number of hydrogen-bond acceptors (Lipinski definition) is 4. The van der Waals surface area contributed by atoms with Gasteiger partial charge in [-0.05, 0) is 6.92 Å². The maximum atomic E-state index is 11.4. The van der Waals surface area contributed by atoms with E-state index in [1.807, 2.05) is 14.0 Å². The molecule has 1 aromatic heterocycles. The number of anilines is 1. The summed E-state index contributed by atoms with van der Waals surface area (Å²) in [5.41, 5.74) is 7.45. The third-order valence-corrected chi connectivity index (χ3v) is 4.40. The monoisotopic (exact) mass is 272 g/mol. The zero-order valence-corrected chi connectivity index (χ0v) is 11.6. The Morgan fingerprint density at radius 3 is 2.59 bits per heavy atom. The molecule has 94 valence electrons. The first-order chi connectivity index (χ1) is 8.00. The number of aryl methyl sites for hydroxylation is 2. The van der Waals surface area contributed by atoms with Crippen LogP contribution in [0.1, 0.15) is 11.3 Å². The quantitative estimate of drug-likeness (QED) is 0.764. The molecule has 0 atom stereocenters. The molecule has 5 nitrogen and oxygen atoms in total. The third-order valence-electron chi connectivity index (χ3n) is 2.92. The van der Waals surface area contributed by atoms with E-state index in [0.29, 0.717) is 16.5 Å². The molecule has 1 aromatic rings. The summed E-state index contributed by atoms with van der Waals surface area (Å²) in [5.74, 6) is 2.34. The summed E-state index contributed by atoms with van der Waals surface area (Å²) in [6.07, 6.45) is 0. The van der Waals surface area contributed by atoms with Crippen LogP contribution in [-0.4, -0.2) is 43.6 Å². The minimum absolute atomic E-state index is 0.372. The van der Waals surface area contributed by atoms with E-state index in [0.717, 1.165) is 30.2 Å². The molecule has 0 saturated carbocycles. The Morgan fingerprint density at radius 1 is 1.47 bits per heavy atom. The number of aromatic nitrogens is 2. The van der Waals surface area contributed by atoms with E-state index < -0.39 is 10.8 Å². The smallest absolute Gasteiger partial charge is 0.137 e. The predicted octanol–water partition coefficient (Wildman–Crippen LogP) is -0.0686. The van der Waals surface area contributed by atoms with Gasteiger partial charge in [-0.25, -0.2) is 0 Å². The highest BCUT2D eigenvalue weighted by atomic mass is 32.2. The fourth-order valence-electron chi connectivity index (χ4n) is 2.15. The molecule has 0 bridgehead atoms. The molecule has 0 aliphatic carbocycles. The Kier molecular flexibility index (Phi) is 3.48.